The molecule has 0 aliphatic heterocycles. The Morgan fingerprint density at radius 2 is 1.56 bits per heavy atom. The van der Waals surface area contributed by atoms with Crippen molar-refractivity contribution in [1.29, 1.82) is 0 Å². The van der Waals surface area contributed by atoms with E-state index in [2.05, 4.69) is 21.8 Å². The lowest BCUT2D eigenvalue weighted by atomic mass is 9.92. The molecule has 3 aliphatic rings. The molecule has 3 aliphatic carbocycles. The van der Waals surface area contributed by atoms with Crippen LogP contribution in [-0.2, 0) is 0 Å². The van der Waals surface area contributed by atoms with E-state index in [-0.39, 0.29) is 24.8 Å². The van der Waals surface area contributed by atoms with Crippen molar-refractivity contribution in [3.05, 3.63) is 6.33 Å². The monoisotopic (exact) mass is 483 g/mol. The van der Waals surface area contributed by atoms with Crippen LogP contribution >= 0.6 is 24.8 Å². The van der Waals surface area contributed by atoms with Crippen LogP contribution in [0, 0.1) is 0 Å². The fraction of sp³-hybridized carbons (Fsp3) is 0.783. The highest BCUT2D eigenvalue weighted by atomic mass is 35.5. The normalized spacial score (nSPS) is 24.7. The number of nitrogens with zero attached hydrogens (tertiary/aromatic N) is 5. The number of imidazole rings is 1. The number of halogens is 2. The number of aromatic nitrogens is 4. The van der Waals surface area contributed by atoms with Crippen molar-refractivity contribution >= 4 is 47.7 Å². The molecule has 0 amide bonds. The quantitative estimate of drug-likeness (QED) is 0.604. The van der Waals surface area contributed by atoms with E-state index in [1.165, 1.54) is 57.8 Å². The van der Waals surface area contributed by atoms with E-state index in [9.17, 15) is 0 Å². The molecule has 2 aromatic heterocycles. The van der Waals surface area contributed by atoms with Crippen LogP contribution < -0.4 is 16.0 Å². The molecule has 9 heteroatoms. The minimum Gasteiger partial charge on any atom is -0.355 e. The summed E-state index contributed by atoms with van der Waals surface area (Å²) in [7, 11) is 2.20. The average molecular weight is 485 g/mol. The lowest BCUT2D eigenvalue weighted by molar-refractivity contribution is 0.409. The van der Waals surface area contributed by atoms with Gasteiger partial charge in [0.05, 0.1) is 6.33 Å². The number of rotatable bonds is 5. The van der Waals surface area contributed by atoms with Crippen molar-refractivity contribution in [2.75, 3.05) is 17.3 Å². The summed E-state index contributed by atoms with van der Waals surface area (Å²) >= 11 is 0. The number of anilines is 2. The highest BCUT2D eigenvalue weighted by molar-refractivity contribution is 5.86. The van der Waals surface area contributed by atoms with Crippen LogP contribution in [0.3, 0.4) is 0 Å². The minimum absolute atomic E-state index is 0. The van der Waals surface area contributed by atoms with Gasteiger partial charge in [0.1, 0.15) is 0 Å². The van der Waals surface area contributed by atoms with Gasteiger partial charge in [0, 0.05) is 31.2 Å². The topological polar surface area (TPSA) is 84.9 Å². The molecule has 7 nitrogen and oxygen atoms in total. The van der Waals surface area contributed by atoms with Crippen molar-refractivity contribution in [3.8, 4) is 0 Å². The van der Waals surface area contributed by atoms with Gasteiger partial charge in [-0.15, -0.1) is 24.8 Å². The van der Waals surface area contributed by atoms with Gasteiger partial charge in [-0.25, -0.2) is 4.98 Å². The first kappa shape index (κ1) is 25.3. The molecule has 0 spiro atoms. The van der Waals surface area contributed by atoms with Gasteiger partial charge in [-0.1, -0.05) is 32.1 Å². The third kappa shape index (κ3) is 5.26. The van der Waals surface area contributed by atoms with Crippen LogP contribution in [-0.4, -0.2) is 44.7 Å². The first-order valence-electron chi connectivity index (χ1n) is 12.2. The third-order valence-corrected chi connectivity index (χ3v) is 7.68. The highest BCUT2D eigenvalue weighted by Gasteiger charge is 2.27. The van der Waals surface area contributed by atoms with Crippen LogP contribution in [0.25, 0.3) is 11.2 Å². The molecule has 180 valence electrons. The second kappa shape index (κ2) is 11.2. The predicted octanol–water partition coefficient (Wildman–Crippen LogP) is 5.24. The van der Waals surface area contributed by atoms with Gasteiger partial charge in [0.25, 0.3) is 0 Å². The number of hydrogen-bond acceptors (Lipinski definition) is 6. The maximum atomic E-state index is 6.11. The maximum Gasteiger partial charge on any atom is 0.227 e. The summed E-state index contributed by atoms with van der Waals surface area (Å²) in [5, 5.41) is 3.65. The van der Waals surface area contributed by atoms with Gasteiger partial charge >= 0.3 is 0 Å². The zero-order valence-electron chi connectivity index (χ0n) is 19.2. The molecule has 3 saturated carbocycles. The van der Waals surface area contributed by atoms with Crippen molar-refractivity contribution < 1.29 is 0 Å². The molecular weight excluding hydrogens is 445 g/mol. The SMILES string of the molecule is CN(c1nc(NC2CCC(N)CC2)nc2c1ncn2C1CCCC1)C1CCCCC1.Cl.Cl. The molecule has 0 saturated heterocycles. The van der Waals surface area contributed by atoms with E-state index in [1.807, 2.05) is 6.33 Å². The van der Waals surface area contributed by atoms with Crippen molar-refractivity contribution in [2.24, 2.45) is 5.73 Å². The number of nitrogens with two attached hydrogens (primary N) is 1. The van der Waals surface area contributed by atoms with Gasteiger partial charge in [-0.05, 0) is 51.4 Å². The second-order valence-electron chi connectivity index (χ2n) is 9.79. The van der Waals surface area contributed by atoms with E-state index in [1.54, 1.807) is 0 Å². The summed E-state index contributed by atoms with van der Waals surface area (Å²) in [6.45, 7) is 0. The van der Waals surface area contributed by atoms with Crippen molar-refractivity contribution in [2.45, 2.75) is 108 Å². The van der Waals surface area contributed by atoms with Crippen LogP contribution in [0.15, 0.2) is 6.33 Å². The molecule has 2 aromatic rings. The van der Waals surface area contributed by atoms with Crippen LogP contribution in [0.4, 0.5) is 11.8 Å². The zero-order chi connectivity index (χ0) is 20.5. The Balaban J connectivity index is 0.00000144. The Bertz CT molecular complexity index is 853. The first-order chi connectivity index (χ1) is 14.7. The molecule has 0 radical (unpaired) electrons. The van der Waals surface area contributed by atoms with E-state index in [0.29, 0.717) is 24.2 Å². The molecule has 5 rings (SSSR count). The molecule has 3 N–H and O–H groups in total. The summed E-state index contributed by atoms with van der Waals surface area (Å²) in [6.07, 6.45) is 17.9. The number of hydrogen-bond donors (Lipinski definition) is 2. The number of nitrogens with one attached hydrogen (secondary N) is 1. The van der Waals surface area contributed by atoms with Gasteiger partial charge < -0.3 is 20.5 Å². The standard InChI is InChI=1S/C23H37N7.2ClH/c1-29(18-7-3-2-4-8-18)21-20-22(30(15-25-20)19-9-5-6-10-19)28-23(27-21)26-17-13-11-16(24)12-14-17;;/h15-19H,2-14,24H2,1H3,(H,26,27,28);2*1H. The van der Waals surface area contributed by atoms with E-state index in [0.717, 1.165) is 48.6 Å². The van der Waals surface area contributed by atoms with Gasteiger partial charge in [0.2, 0.25) is 5.95 Å². The highest BCUT2D eigenvalue weighted by Crippen LogP contribution is 2.35. The van der Waals surface area contributed by atoms with Gasteiger partial charge in [0.15, 0.2) is 17.0 Å². The fourth-order valence-corrected chi connectivity index (χ4v) is 5.75. The molecule has 32 heavy (non-hydrogen) atoms. The Labute approximate surface area is 204 Å². The predicted molar refractivity (Wildman–Crippen MR) is 136 cm³/mol. The fourth-order valence-electron chi connectivity index (χ4n) is 5.75. The van der Waals surface area contributed by atoms with Crippen LogP contribution in [0.1, 0.15) is 89.5 Å². The van der Waals surface area contributed by atoms with Crippen LogP contribution in [0.5, 0.6) is 0 Å². The Morgan fingerprint density at radius 3 is 2.25 bits per heavy atom. The molecule has 0 aromatic carbocycles. The average Bonchev–Trinajstić information content (AvgIpc) is 3.45. The van der Waals surface area contributed by atoms with Crippen molar-refractivity contribution in [1.82, 2.24) is 19.5 Å². The van der Waals surface area contributed by atoms with Gasteiger partial charge in [-0.2, -0.15) is 9.97 Å². The van der Waals surface area contributed by atoms with Gasteiger partial charge in [-0.3, -0.25) is 0 Å². The Hall–Kier alpha value is -1.31. The number of fused-ring (bicyclic) bond motifs is 1. The molecular formula is C23H39Cl2N7. The molecule has 3 fully saturated rings. The van der Waals surface area contributed by atoms with Crippen molar-refractivity contribution in [3.63, 3.8) is 0 Å². The Kier molecular flexibility index (Phi) is 8.87. The minimum atomic E-state index is 0. The summed E-state index contributed by atoms with van der Waals surface area (Å²) in [6, 6.07) is 1.84. The zero-order valence-corrected chi connectivity index (χ0v) is 20.8. The van der Waals surface area contributed by atoms with Crippen LogP contribution in [0.2, 0.25) is 0 Å². The summed E-state index contributed by atoms with van der Waals surface area (Å²) < 4.78 is 2.32. The molecule has 0 bridgehead atoms. The summed E-state index contributed by atoms with van der Waals surface area (Å²) in [4.78, 5) is 17.2. The maximum absolute atomic E-state index is 6.11. The van der Waals surface area contributed by atoms with E-state index < -0.39 is 0 Å². The lowest BCUT2D eigenvalue weighted by Gasteiger charge is -2.32. The van der Waals surface area contributed by atoms with E-state index in [4.69, 9.17) is 20.7 Å². The molecule has 0 atom stereocenters. The second-order valence-corrected chi connectivity index (χ2v) is 9.79. The smallest absolute Gasteiger partial charge is 0.227 e. The lowest BCUT2D eigenvalue weighted by Crippen LogP contribution is -2.35. The summed E-state index contributed by atoms with van der Waals surface area (Å²) in [5.74, 6) is 1.76. The molecule has 2 heterocycles. The molecule has 0 unspecified atom stereocenters. The Morgan fingerprint density at radius 1 is 0.906 bits per heavy atom. The summed E-state index contributed by atoms with van der Waals surface area (Å²) in [5.41, 5.74) is 8.08. The van der Waals surface area contributed by atoms with E-state index >= 15 is 0 Å². The largest absolute Gasteiger partial charge is 0.355 e. The first-order valence-corrected chi connectivity index (χ1v) is 12.2. The third-order valence-electron chi connectivity index (χ3n) is 7.68.